The summed E-state index contributed by atoms with van der Waals surface area (Å²) < 4.78 is 51.4. The number of amides is 1. The quantitative estimate of drug-likeness (QED) is 0.755. The molecule has 0 aliphatic carbocycles. The molecule has 1 saturated heterocycles. The van der Waals surface area contributed by atoms with E-state index in [1.165, 1.54) is 0 Å². The molecule has 2 heterocycles. The van der Waals surface area contributed by atoms with Gasteiger partial charge in [0.25, 0.3) is 5.91 Å². The van der Waals surface area contributed by atoms with Gasteiger partial charge in [0.1, 0.15) is 18.1 Å². The molecule has 1 aliphatic rings. The van der Waals surface area contributed by atoms with E-state index in [1.54, 1.807) is 29.2 Å². The van der Waals surface area contributed by atoms with Crippen molar-refractivity contribution >= 4 is 17.5 Å². The number of oxazole rings is 1. The number of benzene rings is 1. The summed E-state index contributed by atoms with van der Waals surface area (Å²) in [4.78, 5) is 17.6. The van der Waals surface area contributed by atoms with Gasteiger partial charge >= 0.3 is 12.3 Å². The van der Waals surface area contributed by atoms with Crippen LogP contribution in [0.3, 0.4) is 0 Å². The van der Waals surface area contributed by atoms with Crippen molar-refractivity contribution in [3.05, 3.63) is 41.2 Å². The number of hydrogen-bond acceptors (Lipinski definition) is 5. The third-order valence-corrected chi connectivity index (χ3v) is 4.16. The van der Waals surface area contributed by atoms with Gasteiger partial charge in [-0.2, -0.15) is 18.2 Å². The third kappa shape index (κ3) is 5.53. The summed E-state index contributed by atoms with van der Waals surface area (Å²) in [7, 11) is 0. The Bertz CT molecular complexity index is 771. The topological polar surface area (TPSA) is 64.8 Å². The minimum Gasteiger partial charge on any atom is -0.490 e. The number of aromatic nitrogens is 1. The number of carbonyl (C=O) groups is 1. The summed E-state index contributed by atoms with van der Waals surface area (Å²) >= 11 is 5.83. The number of rotatable bonds is 5. The number of nitrogens with zero attached hydrogens (tertiary/aromatic N) is 2. The number of halogens is 4. The monoisotopic (exact) mass is 404 g/mol. The predicted molar refractivity (Wildman–Crippen MR) is 89.1 cm³/mol. The first-order valence-electron chi connectivity index (χ1n) is 8.17. The molecule has 0 radical (unpaired) electrons. The van der Waals surface area contributed by atoms with Crippen LogP contribution < -0.4 is 9.47 Å². The third-order valence-electron chi connectivity index (χ3n) is 3.91. The van der Waals surface area contributed by atoms with Crippen LogP contribution in [0, 0.1) is 0 Å². The van der Waals surface area contributed by atoms with Crippen molar-refractivity contribution in [1.82, 2.24) is 9.88 Å². The van der Waals surface area contributed by atoms with Crippen molar-refractivity contribution in [1.29, 1.82) is 0 Å². The normalized spacial score (nSPS) is 15.6. The maximum absolute atomic E-state index is 12.4. The lowest BCUT2D eigenvalue weighted by atomic mass is 10.1. The molecule has 10 heteroatoms. The maximum atomic E-state index is 12.4. The van der Waals surface area contributed by atoms with Gasteiger partial charge in [0, 0.05) is 31.0 Å². The zero-order chi connectivity index (χ0) is 19.4. The molecule has 1 aromatic heterocycles. The zero-order valence-electron chi connectivity index (χ0n) is 14.0. The second-order valence-corrected chi connectivity index (χ2v) is 6.40. The van der Waals surface area contributed by atoms with Crippen molar-refractivity contribution in [2.75, 3.05) is 19.7 Å². The van der Waals surface area contributed by atoms with E-state index in [2.05, 4.69) is 9.72 Å². The number of likely N-dealkylation sites (tertiary alicyclic amines) is 1. The van der Waals surface area contributed by atoms with Gasteiger partial charge in [-0.1, -0.05) is 11.6 Å². The van der Waals surface area contributed by atoms with Crippen molar-refractivity contribution in [2.24, 2.45) is 0 Å². The highest BCUT2D eigenvalue weighted by molar-refractivity contribution is 6.30. The molecule has 27 heavy (non-hydrogen) atoms. The maximum Gasteiger partial charge on any atom is 0.422 e. The van der Waals surface area contributed by atoms with Gasteiger partial charge in [0.15, 0.2) is 12.3 Å². The van der Waals surface area contributed by atoms with E-state index in [9.17, 15) is 18.0 Å². The van der Waals surface area contributed by atoms with E-state index >= 15 is 0 Å². The fourth-order valence-electron chi connectivity index (χ4n) is 2.61. The average molecular weight is 405 g/mol. The zero-order valence-corrected chi connectivity index (χ0v) is 14.8. The van der Waals surface area contributed by atoms with Gasteiger partial charge in [0.2, 0.25) is 0 Å². The fraction of sp³-hybridized carbons (Fsp3) is 0.412. The molecule has 3 rings (SSSR count). The summed E-state index contributed by atoms with van der Waals surface area (Å²) in [5.41, 5.74) is -0.0933. The van der Waals surface area contributed by atoms with Crippen LogP contribution in [0.15, 0.2) is 34.9 Å². The highest BCUT2D eigenvalue weighted by Gasteiger charge is 2.30. The number of carbonyl (C=O) groups excluding carboxylic acids is 1. The lowest BCUT2D eigenvalue weighted by Gasteiger charge is -2.31. The van der Waals surface area contributed by atoms with E-state index < -0.39 is 24.8 Å². The number of piperidine rings is 1. The molecule has 1 aromatic carbocycles. The van der Waals surface area contributed by atoms with Crippen molar-refractivity contribution in [2.45, 2.75) is 25.1 Å². The molecule has 0 saturated carbocycles. The highest BCUT2D eigenvalue weighted by atomic mass is 35.5. The van der Waals surface area contributed by atoms with E-state index in [4.69, 9.17) is 20.8 Å². The van der Waals surface area contributed by atoms with Crippen LogP contribution in [0.25, 0.3) is 0 Å². The lowest BCUT2D eigenvalue weighted by molar-refractivity contribution is -0.156. The van der Waals surface area contributed by atoms with Gasteiger partial charge in [-0.15, -0.1) is 0 Å². The molecule has 0 atom stereocenters. The first kappa shape index (κ1) is 19.3. The van der Waals surface area contributed by atoms with E-state index in [1.807, 2.05) is 0 Å². The van der Waals surface area contributed by atoms with Crippen LogP contribution in [-0.4, -0.2) is 47.8 Å². The molecule has 0 spiro atoms. The molecular weight excluding hydrogens is 389 g/mol. The lowest BCUT2D eigenvalue weighted by Crippen LogP contribution is -2.41. The van der Waals surface area contributed by atoms with Crippen LogP contribution in [0.2, 0.25) is 5.02 Å². The van der Waals surface area contributed by atoms with Crippen molar-refractivity contribution < 1.29 is 31.9 Å². The second-order valence-electron chi connectivity index (χ2n) is 5.97. The summed E-state index contributed by atoms with van der Waals surface area (Å²) in [6.07, 6.45) is -2.92. The number of ether oxygens (including phenoxy) is 2. The van der Waals surface area contributed by atoms with Crippen LogP contribution in [0.5, 0.6) is 11.8 Å². The first-order valence-corrected chi connectivity index (χ1v) is 8.54. The van der Waals surface area contributed by atoms with Crippen LogP contribution in [0.4, 0.5) is 13.2 Å². The van der Waals surface area contributed by atoms with Gasteiger partial charge in [-0.3, -0.25) is 4.79 Å². The summed E-state index contributed by atoms with van der Waals surface area (Å²) in [5, 5.41) is 0.619. The molecule has 1 fully saturated rings. The van der Waals surface area contributed by atoms with Crippen molar-refractivity contribution in [3.8, 4) is 11.8 Å². The fourth-order valence-corrected chi connectivity index (χ4v) is 2.74. The molecule has 2 aromatic rings. The summed E-state index contributed by atoms with van der Waals surface area (Å²) in [6, 6.07) is 7.02. The second kappa shape index (κ2) is 8.08. The Hall–Kier alpha value is -2.42. The Morgan fingerprint density at radius 2 is 1.93 bits per heavy atom. The summed E-state index contributed by atoms with van der Waals surface area (Å²) in [5.74, 6) is 0.276. The standard InChI is InChI=1S/C17H16ClF3N2O4/c18-11-1-3-12(4-2-11)27-13-5-7-23(8-6-13)15(24)14-9-25-16(22-14)26-10-17(19,20)21/h1-4,9,13H,5-8,10H2. The Labute approximate surface area is 157 Å². The molecule has 6 nitrogen and oxygen atoms in total. The first-order chi connectivity index (χ1) is 12.8. The van der Waals surface area contributed by atoms with Gasteiger partial charge in [-0.25, -0.2) is 0 Å². The van der Waals surface area contributed by atoms with E-state index in [0.29, 0.717) is 36.7 Å². The number of hydrogen-bond donors (Lipinski definition) is 0. The Balaban J connectivity index is 1.49. The molecule has 0 unspecified atom stereocenters. The van der Waals surface area contributed by atoms with Crippen molar-refractivity contribution in [3.63, 3.8) is 0 Å². The highest BCUT2D eigenvalue weighted by Crippen LogP contribution is 2.23. The minimum absolute atomic E-state index is 0.0433. The SMILES string of the molecule is O=C(c1coc(OCC(F)(F)F)n1)N1CCC(Oc2ccc(Cl)cc2)CC1. The molecule has 1 aliphatic heterocycles. The molecule has 1 amide bonds. The van der Waals surface area contributed by atoms with Crippen LogP contribution >= 0.6 is 11.6 Å². The van der Waals surface area contributed by atoms with Gasteiger partial charge < -0.3 is 18.8 Å². The Morgan fingerprint density at radius 1 is 1.26 bits per heavy atom. The van der Waals surface area contributed by atoms with Gasteiger partial charge in [-0.05, 0) is 24.3 Å². The largest absolute Gasteiger partial charge is 0.490 e. The minimum atomic E-state index is -4.51. The Kier molecular flexibility index (Phi) is 5.79. The molecule has 0 bridgehead atoms. The van der Waals surface area contributed by atoms with Gasteiger partial charge in [0.05, 0.1) is 0 Å². The van der Waals surface area contributed by atoms with E-state index in [0.717, 1.165) is 6.26 Å². The molecular formula is C17H16ClF3N2O4. The smallest absolute Gasteiger partial charge is 0.422 e. The summed E-state index contributed by atoms with van der Waals surface area (Å²) in [6.45, 7) is -0.667. The Morgan fingerprint density at radius 3 is 2.56 bits per heavy atom. The molecule has 146 valence electrons. The number of alkyl halides is 3. The van der Waals surface area contributed by atoms with Crippen LogP contribution in [-0.2, 0) is 0 Å². The predicted octanol–water partition coefficient (Wildman–Crippen LogP) is 3.95. The van der Waals surface area contributed by atoms with E-state index in [-0.39, 0.29) is 11.8 Å². The van der Waals surface area contributed by atoms with Crippen LogP contribution in [0.1, 0.15) is 23.3 Å². The molecule has 0 N–H and O–H groups in total. The average Bonchev–Trinajstić information content (AvgIpc) is 3.11.